The number of allylic oxidation sites excluding steroid dienone is 26. The second-order valence-electron chi connectivity index (χ2n) is 25.9. The molecule has 0 aromatic heterocycles. The van der Waals surface area contributed by atoms with Crippen molar-refractivity contribution in [2.45, 2.75) is 316 Å². The molecule has 0 fully saturated rings. The Morgan fingerprint density at radius 3 is 0.846 bits per heavy atom. The minimum Gasteiger partial charge on any atom is -0.462 e. The molecule has 0 aromatic carbocycles. The Hall–Kier alpha value is -5.32. The maximum atomic E-state index is 13.1. The predicted octanol–water partition coefficient (Wildman–Crippen LogP) is 23.2. The van der Waals surface area contributed by atoms with Crippen LogP contribution in [0, 0.1) is 0 Å². The molecule has 0 aliphatic carbocycles. The molecule has 3 N–H and O–H groups in total. The molecule has 0 rings (SSSR count). The number of esters is 4. The Labute approximate surface area is 629 Å². The van der Waals surface area contributed by atoms with E-state index in [1.54, 1.807) is 0 Å². The van der Waals surface area contributed by atoms with E-state index < -0.39 is 97.5 Å². The van der Waals surface area contributed by atoms with Crippen molar-refractivity contribution >= 4 is 39.5 Å². The highest BCUT2D eigenvalue weighted by atomic mass is 31.2. The number of rotatable bonds is 73. The molecule has 2 unspecified atom stereocenters. The van der Waals surface area contributed by atoms with Gasteiger partial charge >= 0.3 is 39.5 Å². The fourth-order valence-corrected chi connectivity index (χ4v) is 11.5. The van der Waals surface area contributed by atoms with E-state index in [1.807, 2.05) is 18.2 Å². The number of unbranched alkanes of at least 4 members (excludes halogenated alkanes) is 21. The van der Waals surface area contributed by atoms with E-state index >= 15 is 0 Å². The molecule has 19 heteroatoms. The number of carbonyl (C=O) groups excluding carboxylic acids is 4. The van der Waals surface area contributed by atoms with Crippen LogP contribution < -0.4 is 0 Å². The molecule has 0 saturated heterocycles. The minimum absolute atomic E-state index is 0.0299. The van der Waals surface area contributed by atoms with Gasteiger partial charge in [-0.3, -0.25) is 37.3 Å². The lowest BCUT2D eigenvalue weighted by Crippen LogP contribution is -2.30. The van der Waals surface area contributed by atoms with Gasteiger partial charge in [0.05, 0.1) is 26.4 Å². The molecule has 0 bridgehead atoms. The SMILES string of the molecule is CC/C=C\C/C=C\C/C=C\C/C=C\C/C=C\C/C=C\CCC(=O)OC[C@H](COP(=O)(O)OC[C@@H](O)COP(=O)(O)OC[C@@H](COC(=O)CCCCC/C=C\C/C=C\C/C=C\C/C=C\C/C=C\CC)OC(=O)CCCCCCC/C=C\CCCCCC)OC(=O)CCCCCCC/C=C\CCCCCC. The van der Waals surface area contributed by atoms with Crippen LogP contribution in [0.15, 0.2) is 158 Å². The molecule has 17 nitrogen and oxygen atoms in total. The first kappa shape index (κ1) is 98.7. The molecule has 0 aromatic rings. The molecule has 0 aliphatic rings. The van der Waals surface area contributed by atoms with Gasteiger partial charge in [-0.15, -0.1) is 0 Å². The number of phosphoric ester groups is 2. The topological polar surface area (TPSA) is 237 Å². The third kappa shape index (κ3) is 74.9. The summed E-state index contributed by atoms with van der Waals surface area (Å²) in [5.41, 5.74) is 0. The van der Waals surface area contributed by atoms with Gasteiger partial charge < -0.3 is 33.8 Å². The van der Waals surface area contributed by atoms with Gasteiger partial charge in [-0.1, -0.05) is 269 Å². The molecule has 0 amide bonds. The minimum atomic E-state index is -5.00. The molecule has 0 heterocycles. The van der Waals surface area contributed by atoms with Crippen molar-refractivity contribution in [3.8, 4) is 0 Å². The van der Waals surface area contributed by atoms with Gasteiger partial charge in [0.1, 0.15) is 19.3 Å². The maximum absolute atomic E-state index is 13.1. The fraction of sp³-hybridized carbons (Fsp3) is 0.647. The van der Waals surface area contributed by atoms with Gasteiger partial charge in [0.15, 0.2) is 12.2 Å². The fourth-order valence-electron chi connectivity index (χ4n) is 9.97. The number of phosphoric acid groups is 2. The Morgan fingerprint density at radius 2 is 0.519 bits per heavy atom. The van der Waals surface area contributed by atoms with Crippen LogP contribution in [0.4, 0.5) is 0 Å². The molecule has 592 valence electrons. The summed E-state index contributed by atoms with van der Waals surface area (Å²) in [4.78, 5) is 72.9. The number of hydrogen-bond acceptors (Lipinski definition) is 15. The number of carbonyl (C=O) groups is 4. The van der Waals surface area contributed by atoms with Crippen molar-refractivity contribution in [3.63, 3.8) is 0 Å². The number of aliphatic hydroxyl groups is 1. The van der Waals surface area contributed by atoms with Crippen molar-refractivity contribution in [2.75, 3.05) is 39.6 Å². The summed E-state index contributed by atoms with van der Waals surface area (Å²) in [5.74, 6) is -2.34. The maximum Gasteiger partial charge on any atom is 0.472 e. The second-order valence-corrected chi connectivity index (χ2v) is 28.8. The van der Waals surface area contributed by atoms with Crippen LogP contribution in [0.5, 0.6) is 0 Å². The molecular formula is C85H140O17P2. The van der Waals surface area contributed by atoms with E-state index in [1.165, 1.54) is 51.4 Å². The summed E-state index contributed by atoms with van der Waals surface area (Å²) in [7, 11) is -10.00. The number of aliphatic hydroxyl groups excluding tert-OH is 1. The highest BCUT2D eigenvalue weighted by molar-refractivity contribution is 7.47. The van der Waals surface area contributed by atoms with Gasteiger partial charge in [0.25, 0.3) is 0 Å². The van der Waals surface area contributed by atoms with Crippen molar-refractivity contribution < 1.29 is 80.2 Å². The van der Waals surface area contributed by atoms with E-state index in [9.17, 15) is 43.2 Å². The average molecular weight is 1500 g/mol. The monoisotopic (exact) mass is 1490 g/mol. The third-order valence-electron chi connectivity index (χ3n) is 16.0. The highest BCUT2D eigenvalue weighted by Gasteiger charge is 2.30. The summed E-state index contributed by atoms with van der Waals surface area (Å²) in [6, 6.07) is 0. The largest absolute Gasteiger partial charge is 0.472 e. The smallest absolute Gasteiger partial charge is 0.462 e. The quantitative estimate of drug-likeness (QED) is 0.0169. The molecule has 0 saturated carbocycles. The summed E-state index contributed by atoms with van der Waals surface area (Å²) in [5, 5.41) is 10.6. The highest BCUT2D eigenvalue weighted by Crippen LogP contribution is 2.45. The second kappa shape index (κ2) is 75.9. The molecule has 0 spiro atoms. The molecule has 0 radical (unpaired) electrons. The zero-order valence-electron chi connectivity index (χ0n) is 64.6. The van der Waals surface area contributed by atoms with Crippen LogP contribution in [0.3, 0.4) is 0 Å². The Morgan fingerprint density at radius 1 is 0.279 bits per heavy atom. The third-order valence-corrected chi connectivity index (χ3v) is 17.9. The zero-order chi connectivity index (χ0) is 76.0. The summed E-state index contributed by atoms with van der Waals surface area (Å²) < 4.78 is 68.4. The van der Waals surface area contributed by atoms with Crippen molar-refractivity contribution in [1.82, 2.24) is 0 Å². The van der Waals surface area contributed by atoms with Gasteiger partial charge in [-0.05, 0) is 161 Å². The first-order valence-corrected chi connectivity index (χ1v) is 42.7. The Bertz CT molecular complexity index is 2590. The van der Waals surface area contributed by atoms with E-state index in [-0.39, 0.29) is 25.7 Å². The van der Waals surface area contributed by atoms with Crippen LogP contribution in [0.1, 0.15) is 297 Å². The Balaban J connectivity index is 5.44. The van der Waals surface area contributed by atoms with Crippen LogP contribution >= 0.6 is 15.6 Å². The van der Waals surface area contributed by atoms with Gasteiger partial charge in [0.2, 0.25) is 0 Å². The lowest BCUT2D eigenvalue weighted by molar-refractivity contribution is -0.161. The number of ether oxygens (including phenoxy) is 4. The summed E-state index contributed by atoms with van der Waals surface area (Å²) in [6.07, 6.45) is 88.1. The average Bonchev–Trinajstić information content (AvgIpc) is 0.913. The van der Waals surface area contributed by atoms with Gasteiger partial charge in [0, 0.05) is 25.7 Å². The molecular weight excluding hydrogens is 1350 g/mol. The van der Waals surface area contributed by atoms with Crippen molar-refractivity contribution in [1.29, 1.82) is 0 Å². The van der Waals surface area contributed by atoms with E-state index in [0.717, 1.165) is 161 Å². The predicted molar refractivity (Wildman–Crippen MR) is 427 cm³/mol. The molecule has 104 heavy (non-hydrogen) atoms. The summed E-state index contributed by atoms with van der Waals surface area (Å²) in [6.45, 7) is 4.46. The first-order chi connectivity index (χ1) is 50.7. The van der Waals surface area contributed by atoms with Gasteiger partial charge in [-0.25, -0.2) is 9.13 Å². The molecule has 0 aliphatic heterocycles. The normalized spacial score (nSPS) is 14.7. The van der Waals surface area contributed by atoms with Crippen LogP contribution in [0.2, 0.25) is 0 Å². The lowest BCUT2D eigenvalue weighted by atomic mass is 10.1. The zero-order valence-corrected chi connectivity index (χ0v) is 66.4. The molecule has 5 atom stereocenters. The standard InChI is InChI=1S/C85H140O17P2/c1-5-9-13-17-21-25-29-33-35-37-39-41-43-47-49-53-57-61-65-69-82(87)95-75-80(101-84(89)71-67-63-59-55-51-45-31-27-23-19-15-11-7-3)77-99-103(91,92)97-73-79(86)74-98-104(93,94)100-78-81(102-85(90)72-68-64-60-56-52-46-32-28-24-20-16-12-8-4)76-96-83(88)70-66-62-58-54-50-48-44-42-40-38-36-34-30-26-22-18-14-10-6-2/h9-10,13-14,21-22,25-28,31-36,39-42,47-50,57,61,79-81,86H,5-8,11-12,15-20,23-24,29-30,37-38,43-46,51-56,58-60,62-78H2,1-4H3,(H,91,92)(H,93,94)/b13-9-,14-10-,25-21-,26-22-,31-27-,32-28-,35-33-,36-34-,41-39-,42-40-,49-47-,50-48-,61-57-/t79-,80-,81-/m1/s1. The lowest BCUT2D eigenvalue weighted by Gasteiger charge is -2.21. The van der Waals surface area contributed by atoms with E-state index in [4.69, 9.17) is 37.0 Å². The van der Waals surface area contributed by atoms with Crippen LogP contribution in [-0.4, -0.2) is 96.7 Å². The van der Waals surface area contributed by atoms with Crippen LogP contribution in [-0.2, 0) is 65.4 Å². The van der Waals surface area contributed by atoms with Crippen molar-refractivity contribution in [3.05, 3.63) is 158 Å². The van der Waals surface area contributed by atoms with E-state index in [2.05, 4.69) is 167 Å². The number of hydrogen-bond donors (Lipinski definition) is 3. The summed E-state index contributed by atoms with van der Waals surface area (Å²) >= 11 is 0. The first-order valence-electron chi connectivity index (χ1n) is 39.7. The van der Waals surface area contributed by atoms with Crippen LogP contribution in [0.25, 0.3) is 0 Å². The van der Waals surface area contributed by atoms with Crippen molar-refractivity contribution in [2.24, 2.45) is 0 Å². The van der Waals surface area contributed by atoms with E-state index in [0.29, 0.717) is 32.1 Å². The van der Waals surface area contributed by atoms with Gasteiger partial charge in [-0.2, -0.15) is 0 Å². The Kier molecular flexibility index (Phi) is 72.0.